The van der Waals surface area contributed by atoms with Crippen molar-refractivity contribution >= 4 is 12.1 Å². The molecule has 2 N–H and O–H groups in total. The first-order valence-corrected chi connectivity index (χ1v) is 7.65. The molecule has 1 rings (SSSR count). The number of hydrogen-bond donors (Lipinski definition) is 2. The van der Waals surface area contributed by atoms with E-state index in [1.807, 2.05) is 0 Å². The minimum absolute atomic E-state index is 0.0870. The zero-order chi connectivity index (χ0) is 17.9. The van der Waals surface area contributed by atoms with Gasteiger partial charge in [0.2, 0.25) is 0 Å². The molecule has 1 aliphatic rings. The van der Waals surface area contributed by atoms with E-state index in [4.69, 9.17) is 9.84 Å². The summed E-state index contributed by atoms with van der Waals surface area (Å²) in [7, 11) is 0. The van der Waals surface area contributed by atoms with Gasteiger partial charge >= 0.3 is 18.2 Å². The number of nitrogens with one attached hydrogen (secondary N) is 1. The summed E-state index contributed by atoms with van der Waals surface area (Å²) in [5.41, 5.74) is -2.47. The lowest BCUT2D eigenvalue weighted by molar-refractivity contribution is -0.205. The third kappa shape index (κ3) is 5.91. The molecular formula is C15H24F3NO4. The zero-order valence-corrected chi connectivity index (χ0v) is 13.6. The maximum Gasteiger partial charge on any atom is 0.408 e. The van der Waals surface area contributed by atoms with Crippen LogP contribution in [0.5, 0.6) is 0 Å². The number of alkyl halides is 3. The lowest BCUT2D eigenvalue weighted by Crippen LogP contribution is -2.60. The quantitative estimate of drug-likeness (QED) is 0.815. The van der Waals surface area contributed by atoms with Crippen LogP contribution in [0, 0.1) is 5.92 Å². The molecule has 1 fully saturated rings. The third-order valence-electron chi connectivity index (χ3n) is 3.94. The Morgan fingerprint density at radius 2 is 1.70 bits per heavy atom. The van der Waals surface area contributed by atoms with Gasteiger partial charge in [0, 0.05) is 0 Å². The highest BCUT2D eigenvalue weighted by molar-refractivity contribution is 5.70. The molecule has 5 nitrogen and oxygen atoms in total. The molecule has 0 spiro atoms. The van der Waals surface area contributed by atoms with Gasteiger partial charge in [-0.2, -0.15) is 13.2 Å². The lowest BCUT2D eigenvalue weighted by Gasteiger charge is -2.44. The van der Waals surface area contributed by atoms with E-state index < -0.39 is 41.7 Å². The number of carboxylic acid groups (broad SMARTS) is 1. The SMILES string of the molecule is CC(C)(C)OC(=O)NC1(C(CC(=O)O)C(F)(F)F)CCCCC1. The monoisotopic (exact) mass is 339 g/mol. The van der Waals surface area contributed by atoms with Crippen LogP contribution in [0.2, 0.25) is 0 Å². The van der Waals surface area contributed by atoms with Crippen LogP contribution in [-0.4, -0.2) is 34.5 Å². The minimum Gasteiger partial charge on any atom is -0.481 e. The van der Waals surface area contributed by atoms with E-state index in [0.717, 1.165) is 6.42 Å². The predicted octanol–water partition coefficient (Wildman–Crippen LogP) is 3.87. The minimum atomic E-state index is -4.72. The van der Waals surface area contributed by atoms with Gasteiger partial charge in [0.05, 0.1) is 17.9 Å². The number of carbonyl (C=O) groups excluding carboxylic acids is 1. The zero-order valence-electron chi connectivity index (χ0n) is 13.6. The molecule has 0 bridgehead atoms. The highest BCUT2D eigenvalue weighted by atomic mass is 19.4. The summed E-state index contributed by atoms with van der Waals surface area (Å²) >= 11 is 0. The van der Waals surface area contributed by atoms with Gasteiger partial charge in [-0.3, -0.25) is 4.79 Å². The van der Waals surface area contributed by atoms with Gasteiger partial charge in [-0.05, 0) is 33.6 Å². The third-order valence-corrected chi connectivity index (χ3v) is 3.94. The average Bonchev–Trinajstić information content (AvgIpc) is 2.33. The summed E-state index contributed by atoms with van der Waals surface area (Å²) < 4.78 is 45.4. The van der Waals surface area contributed by atoms with Gasteiger partial charge in [0.25, 0.3) is 0 Å². The van der Waals surface area contributed by atoms with Gasteiger partial charge in [-0.15, -0.1) is 0 Å². The maximum absolute atomic E-state index is 13.4. The van der Waals surface area contributed by atoms with Crippen molar-refractivity contribution in [3.8, 4) is 0 Å². The van der Waals surface area contributed by atoms with Crippen molar-refractivity contribution in [2.45, 2.75) is 76.6 Å². The Hall–Kier alpha value is -1.47. The summed E-state index contributed by atoms with van der Waals surface area (Å²) in [5.74, 6) is -3.68. The molecule has 0 saturated heterocycles. The van der Waals surface area contributed by atoms with Crippen LogP contribution < -0.4 is 5.32 Å². The molecule has 0 aromatic rings. The summed E-state index contributed by atoms with van der Waals surface area (Å²) in [6.07, 6.45) is -4.80. The van der Waals surface area contributed by atoms with Crippen LogP contribution >= 0.6 is 0 Å². The number of carbonyl (C=O) groups is 2. The number of alkyl carbamates (subject to hydrolysis) is 1. The molecule has 8 heteroatoms. The second kappa shape index (κ2) is 6.97. The molecule has 0 aromatic carbocycles. The summed E-state index contributed by atoms with van der Waals surface area (Å²) in [5, 5.41) is 11.2. The fourth-order valence-electron chi connectivity index (χ4n) is 3.05. The molecule has 134 valence electrons. The van der Waals surface area contributed by atoms with Crippen molar-refractivity contribution in [3.05, 3.63) is 0 Å². The Kier molecular flexibility index (Phi) is 5.93. The standard InChI is InChI=1S/C15H24F3NO4/c1-13(2,3)23-12(22)19-14(7-5-4-6-8-14)10(9-11(20)21)15(16,17)18/h10H,4-9H2,1-3H3,(H,19,22)(H,20,21). The highest BCUT2D eigenvalue weighted by Gasteiger charge is 2.55. The first kappa shape index (κ1) is 19.6. The summed E-state index contributed by atoms with van der Waals surface area (Å²) in [4.78, 5) is 22.9. The van der Waals surface area contributed by atoms with Crippen molar-refractivity contribution in [2.24, 2.45) is 5.92 Å². The topological polar surface area (TPSA) is 75.6 Å². The van der Waals surface area contributed by atoms with Crippen LogP contribution in [0.1, 0.15) is 59.3 Å². The van der Waals surface area contributed by atoms with Crippen molar-refractivity contribution in [3.63, 3.8) is 0 Å². The summed E-state index contributed by atoms with van der Waals surface area (Å²) in [6.45, 7) is 4.83. The molecule has 0 aromatic heterocycles. The molecule has 0 heterocycles. The van der Waals surface area contributed by atoms with E-state index in [1.54, 1.807) is 20.8 Å². The maximum atomic E-state index is 13.4. The average molecular weight is 339 g/mol. The number of amides is 1. The number of hydrogen-bond acceptors (Lipinski definition) is 3. The van der Waals surface area contributed by atoms with E-state index in [9.17, 15) is 22.8 Å². The van der Waals surface area contributed by atoms with Crippen LogP contribution in [0.15, 0.2) is 0 Å². The second-order valence-corrected chi connectivity index (χ2v) is 7.04. The Balaban J connectivity index is 3.08. The van der Waals surface area contributed by atoms with Crippen molar-refractivity contribution in [1.29, 1.82) is 0 Å². The normalized spacial score (nSPS) is 19.7. The molecule has 0 aliphatic heterocycles. The van der Waals surface area contributed by atoms with Crippen LogP contribution in [0.3, 0.4) is 0 Å². The first-order valence-electron chi connectivity index (χ1n) is 7.65. The molecule has 1 saturated carbocycles. The van der Waals surface area contributed by atoms with Gasteiger partial charge in [0.15, 0.2) is 0 Å². The lowest BCUT2D eigenvalue weighted by atomic mass is 9.71. The van der Waals surface area contributed by atoms with Crippen molar-refractivity contribution in [2.75, 3.05) is 0 Å². The molecule has 1 amide bonds. The van der Waals surface area contributed by atoms with E-state index in [1.165, 1.54) is 0 Å². The predicted molar refractivity (Wildman–Crippen MR) is 77.0 cm³/mol. The Bertz CT molecular complexity index is 437. The number of halogens is 3. The van der Waals surface area contributed by atoms with Crippen LogP contribution in [0.4, 0.5) is 18.0 Å². The molecular weight excluding hydrogens is 315 g/mol. The van der Waals surface area contributed by atoms with Crippen molar-refractivity contribution in [1.82, 2.24) is 5.32 Å². The smallest absolute Gasteiger partial charge is 0.408 e. The Morgan fingerprint density at radius 3 is 2.09 bits per heavy atom. The molecule has 0 radical (unpaired) electrons. The van der Waals surface area contributed by atoms with E-state index in [2.05, 4.69) is 5.32 Å². The molecule has 1 atom stereocenters. The fourth-order valence-corrected chi connectivity index (χ4v) is 3.05. The van der Waals surface area contributed by atoms with Gasteiger partial charge in [0.1, 0.15) is 5.60 Å². The van der Waals surface area contributed by atoms with E-state index in [0.29, 0.717) is 12.8 Å². The Labute approximate surface area is 133 Å². The fraction of sp³-hybridized carbons (Fsp3) is 0.867. The van der Waals surface area contributed by atoms with Gasteiger partial charge < -0.3 is 15.2 Å². The Morgan fingerprint density at radius 1 is 1.17 bits per heavy atom. The number of carboxylic acids is 1. The number of rotatable bonds is 4. The first-order chi connectivity index (χ1) is 10.4. The van der Waals surface area contributed by atoms with Crippen LogP contribution in [-0.2, 0) is 9.53 Å². The number of aliphatic carboxylic acids is 1. The molecule has 1 aliphatic carbocycles. The second-order valence-electron chi connectivity index (χ2n) is 7.04. The highest BCUT2D eigenvalue weighted by Crippen LogP contribution is 2.44. The van der Waals surface area contributed by atoms with Crippen molar-refractivity contribution < 1.29 is 32.6 Å². The number of ether oxygens (including phenoxy) is 1. The molecule has 23 heavy (non-hydrogen) atoms. The van der Waals surface area contributed by atoms with Gasteiger partial charge in [-0.25, -0.2) is 4.79 Å². The van der Waals surface area contributed by atoms with Gasteiger partial charge in [-0.1, -0.05) is 19.3 Å². The molecule has 1 unspecified atom stereocenters. The summed E-state index contributed by atoms with van der Waals surface area (Å²) in [6, 6.07) is 0. The largest absolute Gasteiger partial charge is 0.481 e. The van der Waals surface area contributed by atoms with Crippen LogP contribution in [0.25, 0.3) is 0 Å². The van der Waals surface area contributed by atoms with E-state index in [-0.39, 0.29) is 12.8 Å². The van der Waals surface area contributed by atoms with E-state index >= 15 is 0 Å².